The molecule has 1 aromatic carbocycles. The zero-order valence-electron chi connectivity index (χ0n) is 11.9. The van der Waals surface area contributed by atoms with E-state index in [1.165, 1.54) is 24.9 Å². The molecule has 106 valence electrons. The maximum Gasteiger partial charge on any atom is 0.0485 e. The summed E-state index contributed by atoms with van der Waals surface area (Å²) in [5.41, 5.74) is 2.74. The standard InChI is InChI=1S/C15H22BrClN2/c1-18(2)15(7-4-8-15)11-19(3)13-6-5-12(10-17)14(16)9-13/h5-6,9H,4,7-8,10-11H2,1-3H3. The summed E-state index contributed by atoms with van der Waals surface area (Å²) in [7, 11) is 6.56. The molecule has 4 heteroatoms. The quantitative estimate of drug-likeness (QED) is 0.741. The Labute approximate surface area is 129 Å². The van der Waals surface area contributed by atoms with Crippen LogP contribution in [0.2, 0.25) is 0 Å². The first kappa shape index (κ1) is 15.1. The molecule has 1 aliphatic carbocycles. The predicted molar refractivity (Wildman–Crippen MR) is 87.2 cm³/mol. The molecule has 1 saturated carbocycles. The van der Waals surface area contributed by atoms with E-state index in [2.05, 4.69) is 65.1 Å². The summed E-state index contributed by atoms with van der Waals surface area (Å²) in [6, 6.07) is 6.43. The monoisotopic (exact) mass is 344 g/mol. The second kappa shape index (κ2) is 6.02. The number of rotatable bonds is 5. The molecular formula is C15H22BrClN2. The van der Waals surface area contributed by atoms with Crippen LogP contribution in [-0.4, -0.2) is 38.1 Å². The van der Waals surface area contributed by atoms with Gasteiger partial charge in [-0.05, 0) is 51.1 Å². The number of hydrogen-bond donors (Lipinski definition) is 0. The van der Waals surface area contributed by atoms with Gasteiger partial charge in [0, 0.05) is 35.2 Å². The molecule has 0 aliphatic heterocycles. The van der Waals surface area contributed by atoms with Crippen LogP contribution in [0.25, 0.3) is 0 Å². The van der Waals surface area contributed by atoms with Crippen molar-refractivity contribution in [1.82, 2.24) is 4.90 Å². The van der Waals surface area contributed by atoms with Crippen LogP contribution in [0.15, 0.2) is 22.7 Å². The number of benzene rings is 1. The molecule has 0 heterocycles. The molecule has 0 aromatic heterocycles. The van der Waals surface area contributed by atoms with Crippen molar-refractivity contribution in [3.05, 3.63) is 28.2 Å². The van der Waals surface area contributed by atoms with Crippen LogP contribution in [0, 0.1) is 0 Å². The summed E-state index contributed by atoms with van der Waals surface area (Å²) in [6.07, 6.45) is 3.94. The summed E-state index contributed by atoms with van der Waals surface area (Å²) in [6.45, 7) is 1.08. The van der Waals surface area contributed by atoms with Gasteiger partial charge in [-0.25, -0.2) is 0 Å². The van der Waals surface area contributed by atoms with Gasteiger partial charge in [-0.15, -0.1) is 11.6 Å². The van der Waals surface area contributed by atoms with Crippen molar-refractivity contribution in [3.8, 4) is 0 Å². The molecule has 19 heavy (non-hydrogen) atoms. The van der Waals surface area contributed by atoms with E-state index in [1.54, 1.807) is 0 Å². The Kier molecular flexibility index (Phi) is 4.80. The van der Waals surface area contributed by atoms with Gasteiger partial charge in [-0.1, -0.05) is 22.0 Å². The Hall–Kier alpha value is -0.250. The van der Waals surface area contributed by atoms with Gasteiger partial charge in [-0.2, -0.15) is 0 Å². The average molecular weight is 346 g/mol. The summed E-state index contributed by atoms with van der Waals surface area (Å²) in [5.74, 6) is 0.548. The Morgan fingerprint density at radius 3 is 2.37 bits per heavy atom. The predicted octanol–water partition coefficient (Wildman–Crippen LogP) is 4.11. The number of anilines is 1. The van der Waals surface area contributed by atoms with E-state index >= 15 is 0 Å². The van der Waals surface area contributed by atoms with Gasteiger partial charge in [0.1, 0.15) is 0 Å². The molecule has 0 spiro atoms. The molecule has 0 unspecified atom stereocenters. The summed E-state index contributed by atoms with van der Waals surface area (Å²) in [5, 5.41) is 0. The lowest BCUT2D eigenvalue weighted by atomic mass is 9.75. The van der Waals surface area contributed by atoms with Crippen molar-refractivity contribution >= 4 is 33.2 Å². The van der Waals surface area contributed by atoms with Gasteiger partial charge >= 0.3 is 0 Å². The molecule has 1 aliphatic rings. The van der Waals surface area contributed by atoms with Crippen molar-refractivity contribution < 1.29 is 0 Å². The summed E-state index contributed by atoms with van der Waals surface area (Å²) >= 11 is 9.49. The first-order valence-electron chi connectivity index (χ1n) is 6.71. The fraction of sp³-hybridized carbons (Fsp3) is 0.600. The third-order valence-electron chi connectivity index (χ3n) is 4.39. The molecule has 0 saturated heterocycles. The Balaban J connectivity index is 2.11. The van der Waals surface area contributed by atoms with Crippen LogP contribution in [0.3, 0.4) is 0 Å². The van der Waals surface area contributed by atoms with E-state index in [-0.39, 0.29) is 0 Å². The molecule has 0 atom stereocenters. The van der Waals surface area contributed by atoms with Crippen LogP contribution in [0.5, 0.6) is 0 Å². The fourth-order valence-electron chi connectivity index (χ4n) is 2.75. The highest BCUT2D eigenvalue weighted by Crippen LogP contribution is 2.37. The molecule has 2 nitrogen and oxygen atoms in total. The molecule has 0 bridgehead atoms. The van der Waals surface area contributed by atoms with Crippen LogP contribution < -0.4 is 4.90 Å². The molecule has 1 aromatic rings. The number of hydrogen-bond acceptors (Lipinski definition) is 2. The maximum absolute atomic E-state index is 5.89. The van der Waals surface area contributed by atoms with Crippen molar-refractivity contribution in [2.24, 2.45) is 0 Å². The summed E-state index contributed by atoms with van der Waals surface area (Å²) < 4.78 is 1.10. The minimum Gasteiger partial charge on any atom is -0.373 e. The van der Waals surface area contributed by atoms with Gasteiger partial charge < -0.3 is 9.80 Å². The van der Waals surface area contributed by atoms with E-state index in [4.69, 9.17) is 11.6 Å². The first-order chi connectivity index (χ1) is 8.98. The molecule has 0 amide bonds. The van der Waals surface area contributed by atoms with Gasteiger partial charge in [-0.3, -0.25) is 0 Å². The van der Waals surface area contributed by atoms with E-state index in [0.29, 0.717) is 11.4 Å². The average Bonchev–Trinajstić information content (AvgIpc) is 2.32. The van der Waals surface area contributed by atoms with Crippen LogP contribution >= 0.6 is 27.5 Å². The number of nitrogens with zero attached hydrogens (tertiary/aromatic N) is 2. The second-order valence-corrected chi connectivity index (χ2v) is 6.86. The van der Waals surface area contributed by atoms with E-state index in [1.807, 2.05) is 0 Å². The number of alkyl halides is 1. The zero-order valence-corrected chi connectivity index (χ0v) is 14.3. The van der Waals surface area contributed by atoms with Crippen LogP contribution in [0.4, 0.5) is 5.69 Å². The lowest BCUT2D eigenvalue weighted by Crippen LogP contribution is -2.56. The smallest absolute Gasteiger partial charge is 0.0485 e. The number of likely N-dealkylation sites (N-methyl/N-ethyl adjacent to an activating group) is 2. The highest BCUT2D eigenvalue weighted by molar-refractivity contribution is 9.10. The first-order valence-corrected chi connectivity index (χ1v) is 8.04. The second-order valence-electron chi connectivity index (χ2n) is 5.74. The lowest BCUT2D eigenvalue weighted by Gasteiger charge is -2.49. The molecule has 1 fully saturated rings. The van der Waals surface area contributed by atoms with Crippen LogP contribution in [-0.2, 0) is 5.88 Å². The molecular weight excluding hydrogens is 324 g/mol. The normalized spacial score (nSPS) is 17.4. The Bertz CT molecular complexity index is 444. The Morgan fingerprint density at radius 1 is 1.26 bits per heavy atom. The fourth-order valence-corrected chi connectivity index (χ4v) is 3.65. The van der Waals surface area contributed by atoms with E-state index < -0.39 is 0 Å². The molecule has 0 N–H and O–H groups in total. The zero-order chi connectivity index (χ0) is 14.0. The van der Waals surface area contributed by atoms with Gasteiger partial charge in [0.25, 0.3) is 0 Å². The van der Waals surface area contributed by atoms with Crippen LogP contribution in [0.1, 0.15) is 24.8 Å². The SMILES string of the molecule is CN(CC1(N(C)C)CCC1)c1ccc(CCl)c(Br)c1. The van der Waals surface area contributed by atoms with Gasteiger partial charge in [0.05, 0.1) is 0 Å². The van der Waals surface area contributed by atoms with Crippen molar-refractivity contribution in [3.63, 3.8) is 0 Å². The molecule has 2 rings (SSSR count). The highest BCUT2D eigenvalue weighted by Gasteiger charge is 2.39. The lowest BCUT2D eigenvalue weighted by molar-refractivity contribution is 0.0683. The minimum atomic E-state index is 0.354. The number of halogens is 2. The van der Waals surface area contributed by atoms with Crippen molar-refractivity contribution in [1.29, 1.82) is 0 Å². The van der Waals surface area contributed by atoms with Crippen molar-refractivity contribution in [2.45, 2.75) is 30.7 Å². The van der Waals surface area contributed by atoms with Gasteiger partial charge in [0.2, 0.25) is 0 Å². The minimum absolute atomic E-state index is 0.354. The topological polar surface area (TPSA) is 6.48 Å². The van der Waals surface area contributed by atoms with Crippen molar-refractivity contribution in [2.75, 3.05) is 32.6 Å². The summed E-state index contributed by atoms with van der Waals surface area (Å²) in [4.78, 5) is 4.73. The van der Waals surface area contributed by atoms with E-state index in [9.17, 15) is 0 Å². The van der Waals surface area contributed by atoms with Gasteiger partial charge in [0.15, 0.2) is 0 Å². The third-order valence-corrected chi connectivity index (χ3v) is 5.41. The largest absolute Gasteiger partial charge is 0.373 e. The third kappa shape index (κ3) is 3.09. The maximum atomic E-state index is 5.89. The highest BCUT2D eigenvalue weighted by atomic mass is 79.9. The Morgan fingerprint density at radius 2 is 1.95 bits per heavy atom. The van der Waals surface area contributed by atoms with E-state index in [0.717, 1.165) is 16.6 Å². The molecule has 0 radical (unpaired) electrons.